The fourth-order valence-corrected chi connectivity index (χ4v) is 6.98. The Balaban J connectivity index is 2.06. The number of nitrogens with one attached hydrogen (secondary N) is 1. The Morgan fingerprint density at radius 3 is 2.16 bits per heavy atom. The molecule has 274 valence electrons. The van der Waals surface area contributed by atoms with Crippen LogP contribution < -0.4 is 14.4 Å². The van der Waals surface area contributed by atoms with Crippen molar-refractivity contribution in [3.05, 3.63) is 46.2 Å². The van der Waals surface area contributed by atoms with Crippen molar-refractivity contribution in [2.75, 3.05) is 11.5 Å². The highest BCUT2D eigenvalue weighted by Gasteiger charge is 2.73. The summed E-state index contributed by atoms with van der Waals surface area (Å²) >= 11 is -2.33. The van der Waals surface area contributed by atoms with Crippen LogP contribution in [0.25, 0.3) is 6.08 Å². The molecule has 2 atom stereocenters. The van der Waals surface area contributed by atoms with Gasteiger partial charge in [-0.15, -0.1) is 4.72 Å². The zero-order chi connectivity index (χ0) is 38.3. The zero-order valence-electron chi connectivity index (χ0n) is 29.9. The molecular formula is C35H41F3N6O6S. The highest BCUT2D eigenvalue weighted by Crippen LogP contribution is 2.70. The first-order valence-corrected chi connectivity index (χ1v) is 17.3. The van der Waals surface area contributed by atoms with Gasteiger partial charge in [0.25, 0.3) is 0 Å². The minimum Gasteiger partial charge on any atom is -0.598 e. The van der Waals surface area contributed by atoms with Gasteiger partial charge in [-0.3, -0.25) is 0 Å². The number of carbonyl (C=O) groups excluding carboxylic acids is 2. The van der Waals surface area contributed by atoms with Crippen LogP contribution in [0.5, 0.6) is 11.6 Å². The van der Waals surface area contributed by atoms with Gasteiger partial charge in [0, 0.05) is 17.4 Å². The number of aryl methyl sites for hydroxylation is 2. The number of nitriles is 2. The van der Waals surface area contributed by atoms with Crippen molar-refractivity contribution in [2.24, 2.45) is 5.41 Å². The molecule has 2 aromatic rings. The zero-order valence-corrected chi connectivity index (χ0v) is 30.8. The molecule has 1 N–H and O–H groups in total. The van der Waals surface area contributed by atoms with Crippen molar-refractivity contribution in [1.29, 1.82) is 10.5 Å². The molecule has 3 aliphatic rings. The molecular weight excluding hydrogens is 689 g/mol. The van der Waals surface area contributed by atoms with Gasteiger partial charge in [-0.1, -0.05) is 0 Å². The van der Waals surface area contributed by atoms with E-state index in [4.69, 9.17) is 19.5 Å². The largest absolute Gasteiger partial charge is 0.598 e. The number of nitrogens with zero attached hydrogens (tertiary/aromatic N) is 5. The summed E-state index contributed by atoms with van der Waals surface area (Å²) in [7, 11) is 0. The molecule has 0 radical (unpaired) electrons. The number of aromatic nitrogens is 2. The summed E-state index contributed by atoms with van der Waals surface area (Å²) in [6, 6.07) is 4.60. The van der Waals surface area contributed by atoms with Crippen LogP contribution in [0.2, 0.25) is 0 Å². The number of allylic oxidation sites excluding steroid dienone is 1. The van der Waals surface area contributed by atoms with E-state index in [9.17, 15) is 19.4 Å². The number of hydrogen-bond acceptors (Lipinski definition) is 11. The van der Waals surface area contributed by atoms with E-state index in [1.807, 2.05) is 6.07 Å². The van der Waals surface area contributed by atoms with E-state index in [1.165, 1.54) is 33.8 Å². The second kappa shape index (κ2) is 14.0. The number of rotatable bonds is 10. The second-order valence-corrected chi connectivity index (χ2v) is 16.8. The molecule has 2 bridgehead atoms. The number of hydrogen-bond donors (Lipinski definition) is 1. The van der Waals surface area contributed by atoms with Crippen molar-refractivity contribution < 1.29 is 41.5 Å². The lowest BCUT2D eigenvalue weighted by molar-refractivity contribution is -0.153. The lowest BCUT2D eigenvalue weighted by Crippen LogP contribution is -2.76. The first-order chi connectivity index (χ1) is 23.5. The van der Waals surface area contributed by atoms with E-state index >= 15 is 13.2 Å². The molecule has 16 heteroatoms. The lowest BCUT2D eigenvalue weighted by Gasteiger charge is -2.69. The fourth-order valence-electron chi connectivity index (χ4n) is 6.16. The average molecular weight is 731 g/mol. The number of halogens is 3. The Kier molecular flexibility index (Phi) is 10.8. The SMILES string of the molecule is CCOC(=O)c1nc(N(C(=O)OC(C)(C)C)C23CC(C#N)(C2)C3)nc(Oc2c(C)cc(/C=C/C#N)cc2C)c1[C@@H](N[S@@+]([O-])C(C)(C)C)C(F)(F)F. The van der Waals surface area contributed by atoms with Crippen LogP contribution in [0.1, 0.15) is 107 Å². The Hall–Kier alpha value is -4.38. The predicted octanol–water partition coefficient (Wildman–Crippen LogP) is 7.44. The molecule has 1 heterocycles. The minimum atomic E-state index is -5.18. The topological polar surface area (TPSA) is 174 Å². The van der Waals surface area contributed by atoms with E-state index < -0.39 is 80.0 Å². The first-order valence-electron chi connectivity index (χ1n) is 16.1. The van der Waals surface area contributed by atoms with Crippen LogP contribution in [0.4, 0.5) is 23.9 Å². The maximum atomic E-state index is 15.1. The molecule has 5 rings (SSSR count). The second-order valence-electron chi connectivity index (χ2n) is 14.8. The summed E-state index contributed by atoms with van der Waals surface area (Å²) < 4.78 is 76.7. The summed E-state index contributed by atoms with van der Waals surface area (Å²) in [6.45, 7) is 13.8. The van der Waals surface area contributed by atoms with Gasteiger partial charge in [-0.25, -0.2) is 19.5 Å². The quantitative estimate of drug-likeness (QED) is 0.146. The summed E-state index contributed by atoms with van der Waals surface area (Å²) in [5.41, 5.74) is -3.04. The molecule has 0 aliphatic heterocycles. The van der Waals surface area contributed by atoms with Crippen LogP contribution >= 0.6 is 0 Å². The number of alkyl halides is 3. The monoisotopic (exact) mass is 730 g/mol. The minimum absolute atomic E-state index is 0.0699. The fraction of sp³-hybridized carbons (Fsp3) is 0.543. The Morgan fingerprint density at radius 2 is 1.69 bits per heavy atom. The van der Waals surface area contributed by atoms with Gasteiger partial charge < -0.3 is 18.8 Å². The van der Waals surface area contributed by atoms with E-state index in [1.54, 1.807) is 52.8 Å². The third-order valence-corrected chi connectivity index (χ3v) is 9.85. The molecule has 1 amide bonds. The first kappa shape index (κ1) is 39.4. The molecule has 0 unspecified atom stereocenters. The molecule has 3 aliphatic carbocycles. The van der Waals surface area contributed by atoms with Crippen LogP contribution in [-0.4, -0.2) is 55.3 Å². The van der Waals surface area contributed by atoms with Crippen molar-refractivity contribution in [3.63, 3.8) is 0 Å². The third-order valence-electron chi connectivity index (χ3n) is 8.29. The Morgan fingerprint density at radius 1 is 1.10 bits per heavy atom. The molecule has 3 fully saturated rings. The lowest BCUT2D eigenvalue weighted by atomic mass is 9.39. The van der Waals surface area contributed by atoms with Crippen molar-refractivity contribution in [3.8, 4) is 23.8 Å². The molecule has 1 aromatic carbocycles. The maximum absolute atomic E-state index is 15.1. The van der Waals surface area contributed by atoms with Crippen molar-refractivity contribution >= 4 is 35.4 Å². The van der Waals surface area contributed by atoms with E-state index in [-0.39, 0.29) is 31.6 Å². The normalized spacial score (nSPS) is 21.0. The van der Waals surface area contributed by atoms with E-state index in [0.717, 1.165) is 4.90 Å². The highest BCUT2D eigenvalue weighted by atomic mass is 32.2. The van der Waals surface area contributed by atoms with E-state index in [0.29, 0.717) is 16.7 Å². The van der Waals surface area contributed by atoms with Gasteiger partial charge in [-0.2, -0.15) is 28.7 Å². The smallest absolute Gasteiger partial charge is 0.417 e. The molecule has 1 aromatic heterocycles. The van der Waals surface area contributed by atoms with Crippen LogP contribution in [0.15, 0.2) is 18.2 Å². The molecule has 0 spiro atoms. The number of carbonyl (C=O) groups is 2. The highest BCUT2D eigenvalue weighted by molar-refractivity contribution is 7.90. The predicted molar refractivity (Wildman–Crippen MR) is 182 cm³/mol. The molecule has 12 nitrogen and oxygen atoms in total. The number of ether oxygens (including phenoxy) is 3. The van der Waals surface area contributed by atoms with Gasteiger partial charge in [0.05, 0.1) is 35.3 Å². The van der Waals surface area contributed by atoms with Crippen LogP contribution in [0.3, 0.4) is 0 Å². The van der Waals surface area contributed by atoms with Crippen molar-refractivity contribution in [2.45, 2.75) is 110 Å². The molecule has 0 saturated heterocycles. The van der Waals surface area contributed by atoms with Gasteiger partial charge in [0.2, 0.25) is 11.8 Å². The van der Waals surface area contributed by atoms with Crippen LogP contribution in [-0.2, 0) is 20.8 Å². The van der Waals surface area contributed by atoms with Gasteiger partial charge in [-0.05, 0) is 116 Å². The number of benzene rings is 1. The number of amides is 1. The summed E-state index contributed by atoms with van der Waals surface area (Å²) in [5, 5.41) is 18.7. The van der Waals surface area contributed by atoms with Gasteiger partial charge >= 0.3 is 18.2 Å². The van der Waals surface area contributed by atoms with E-state index in [2.05, 4.69) is 20.8 Å². The molecule has 3 saturated carbocycles. The summed E-state index contributed by atoms with van der Waals surface area (Å²) in [4.78, 5) is 37.3. The number of anilines is 1. The molecule has 51 heavy (non-hydrogen) atoms. The summed E-state index contributed by atoms with van der Waals surface area (Å²) in [5.74, 6) is -2.47. The maximum Gasteiger partial charge on any atom is 0.417 e. The van der Waals surface area contributed by atoms with Crippen molar-refractivity contribution in [1.82, 2.24) is 14.7 Å². The Bertz CT molecular complexity index is 1780. The van der Waals surface area contributed by atoms with Crippen LogP contribution in [0, 0.1) is 41.9 Å². The van der Waals surface area contributed by atoms with Gasteiger partial charge in [0.15, 0.2) is 11.7 Å². The number of esters is 1. The summed E-state index contributed by atoms with van der Waals surface area (Å²) in [6.07, 6.45) is -2.66. The third kappa shape index (κ3) is 8.24. The average Bonchev–Trinajstić information content (AvgIpc) is 2.95. The van der Waals surface area contributed by atoms with Gasteiger partial charge in [0.1, 0.15) is 16.1 Å². The Labute approximate surface area is 298 Å². The standard InChI is InChI=1S/C35H41F3N6O6S/c1-10-48-28(45)24-23(26(35(36,37)38)43-51(47)32(7,8)9)27(49-25-20(2)14-22(12-11-13-39)15-21(25)3)42-29(41-24)44(30(46)50-31(4,5)6)34-16-33(17-34,18-34)19-40/h11-12,14-15,26,43H,10,16-18H2,1-9H3/b12-11+/t26-,33?,34?,51+/m1/s1.